The minimum Gasteiger partial charge on any atom is -0.494 e. The van der Waals surface area contributed by atoms with Gasteiger partial charge in [-0.3, -0.25) is 9.69 Å². The Bertz CT molecular complexity index is 857. The smallest absolute Gasteiger partial charge is 0.224 e. The molecule has 5 nitrogen and oxygen atoms in total. The van der Waals surface area contributed by atoms with Crippen molar-refractivity contribution in [3.05, 3.63) is 53.6 Å². The van der Waals surface area contributed by atoms with E-state index in [9.17, 15) is 4.79 Å². The molecule has 1 amide bonds. The fraction of sp³-hybridized carbons (Fsp3) is 0.500. The highest BCUT2D eigenvalue weighted by Gasteiger charge is 2.17. The van der Waals surface area contributed by atoms with Crippen molar-refractivity contribution in [1.29, 1.82) is 0 Å². The second-order valence-electron chi connectivity index (χ2n) is 8.67. The molecule has 0 spiro atoms. The number of aryl methyl sites for hydroxylation is 2. The van der Waals surface area contributed by atoms with Crippen LogP contribution in [0, 0.1) is 0 Å². The average molecular weight is 422 g/mol. The Kier molecular flexibility index (Phi) is 7.47. The Morgan fingerprint density at radius 1 is 0.968 bits per heavy atom. The standard InChI is InChI=1S/C26H35N3O2/c1-2-3-5-21-6-9-23(10-7-21)29-17-15-28(16-18-29)14-4-19-31-24-11-12-25-22(20-24)8-13-26(30)27-25/h6-7,9-12,20H,2-5,8,13-19H2,1H3,(H,27,30). The number of anilines is 2. The third kappa shape index (κ3) is 6.01. The first-order chi connectivity index (χ1) is 15.2. The van der Waals surface area contributed by atoms with E-state index in [0.29, 0.717) is 6.42 Å². The number of unbranched alkanes of at least 4 members (excludes halogenated alkanes) is 1. The monoisotopic (exact) mass is 421 g/mol. The van der Waals surface area contributed by atoms with Gasteiger partial charge in [-0.05, 0) is 67.1 Å². The summed E-state index contributed by atoms with van der Waals surface area (Å²) in [6.45, 7) is 8.44. The summed E-state index contributed by atoms with van der Waals surface area (Å²) in [6, 6.07) is 15.2. The minimum atomic E-state index is 0.102. The van der Waals surface area contributed by atoms with Gasteiger partial charge < -0.3 is 15.0 Å². The lowest BCUT2D eigenvalue weighted by molar-refractivity contribution is -0.116. The molecule has 166 valence electrons. The van der Waals surface area contributed by atoms with E-state index >= 15 is 0 Å². The van der Waals surface area contributed by atoms with Crippen molar-refractivity contribution in [2.45, 2.75) is 45.4 Å². The molecule has 2 aromatic carbocycles. The number of nitrogens with zero attached hydrogens (tertiary/aromatic N) is 2. The van der Waals surface area contributed by atoms with Crippen LogP contribution < -0.4 is 15.0 Å². The minimum absolute atomic E-state index is 0.102. The average Bonchev–Trinajstić information content (AvgIpc) is 2.81. The molecule has 2 heterocycles. The maximum Gasteiger partial charge on any atom is 0.224 e. The van der Waals surface area contributed by atoms with Gasteiger partial charge in [0.2, 0.25) is 5.91 Å². The van der Waals surface area contributed by atoms with Gasteiger partial charge in [0, 0.05) is 50.5 Å². The molecule has 0 atom stereocenters. The van der Waals surface area contributed by atoms with Gasteiger partial charge in [-0.2, -0.15) is 0 Å². The molecule has 2 aliphatic heterocycles. The number of carbonyl (C=O) groups excluding carboxylic acids is 1. The number of hydrogen-bond donors (Lipinski definition) is 1. The summed E-state index contributed by atoms with van der Waals surface area (Å²) >= 11 is 0. The fourth-order valence-corrected chi connectivity index (χ4v) is 4.41. The number of ether oxygens (including phenoxy) is 1. The quantitative estimate of drug-likeness (QED) is 0.606. The number of amides is 1. The lowest BCUT2D eigenvalue weighted by atomic mass is 10.0. The van der Waals surface area contributed by atoms with Gasteiger partial charge in [0.15, 0.2) is 0 Å². The SMILES string of the molecule is CCCCc1ccc(N2CCN(CCCOc3ccc4c(c3)CCC(=O)N4)CC2)cc1. The summed E-state index contributed by atoms with van der Waals surface area (Å²) in [6.07, 6.45) is 6.10. The Hall–Kier alpha value is -2.53. The number of hydrogen-bond acceptors (Lipinski definition) is 4. The molecule has 1 saturated heterocycles. The van der Waals surface area contributed by atoms with Crippen LogP contribution in [0.3, 0.4) is 0 Å². The summed E-state index contributed by atoms with van der Waals surface area (Å²) in [5.41, 5.74) is 4.91. The Morgan fingerprint density at radius 2 is 1.77 bits per heavy atom. The zero-order valence-corrected chi connectivity index (χ0v) is 18.7. The maximum atomic E-state index is 11.5. The first-order valence-corrected chi connectivity index (χ1v) is 11.8. The van der Waals surface area contributed by atoms with E-state index in [2.05, 4.69) is 52.4 Å². The molecule has 2 aliphatic rings. The molecule has 0 unspecified atom stereocenters. The second kappa shape index (κ2) is 10.7. The van der Waals surface area contributed by atoms with E-state index in [-0.39, 0.29) is 5.91 Å². The number of fused-ring (bicyclic) bond motifs is 1. The number of carbonyl (C=O) groups is 1. The van der Waals surface area contributed by atoms with E-state index in [0.717, 1.165) is 63.6 Å². The lowest BCUT2D eigenvalue weighted by Gasteiger charge is -2.36. The van der Waals surface area contributed by atoms with Crippen LogP contribution in [0.5, 0.6) is 5.75 Å². The Morgan fingerprint density at radius 3 is 2.55 bits per heavy atom. The van der Waals surface area contributed by atoms with Gasteiger partial charge in [-0.15, -0.1) is 0 Å². The second-order valence-corrected chi connectivity index (χ2v) is 8.67. The molecule has 31 heavy (non-hydrogen) atoms. The fourth-order valence-electron chi connectivity index (χ4n) is 4.41. The molecule has 0 radical (unpaired) electrons. The molecule has 4 rings (SSSR count). The molecule has 2 aromatic rings. The van der Waals surface area contributed by atoms with Crippen LogP contribution in [0.4, 0.5) is 11.4 Å². The molecular formula is C26H35N3O2. The summed E-state index contributed by atoms with van der Waals surface area (Å²) < 4.78 is 5.97. The number of rotatable bonds is 9. The number of piperazine rings is 1. The van der Waals surface area contributed by atoms with Crippen LogP contribution >= 0.6 is 0 Å². The van der Waals surface area contributed by atoms with Crippen molar-refractivity contribution in [2.24, 2.45) is 0 Å². The largest absolute Gasteiger partial charge is 0.494 e. The molecule has 5 heteroatoms. The van der Waals surface area contributed by atoms with Crippen molar-refractivity contribution in [3.8, 4) is 5.75 Å². The molecular weight excluding hydrogens is 386 g/mol. The maximum absolute atomic E-state index is 11.5. The Labute approximate surface area is 186 Å². The van der Waals surface area contributed by atoms with Crippen LogP contribution in [-0.2, 0) is 17.6 Å². The summed E-state index contributed by atoms with van der Waals surface area (Å²) in [4.78, 5) is 16.5. The highest BCUT2D eigenvalue weighted by atomic mass is 16.5. The molecule has 1 N–H and O–H groups in total. The zero-order valence-electron chi connectivity index (χ0n) is 18.7. The molecule has 1 fully saturated rings. The normalized spacial score (nSPS) is 16.7. The number of benzene rings is 2. The van der Waals surface area contributed by atoms with E-state index in [1.54, 1.807) is 0 Å². The van der Waals surface area contributed by atoms with Crippen LogP contribution in [0.1, 0.15) is 43.7 Å². The van der Waals surface area contributed by atoms with E-state index < -0.39 is 0 Å². The topological polar surface area (TPSA) is 44.8 Å². The van der Waals surface area contributed by atoms with Crippen molar-refractivity contribution >= 4 is 17.3 Å². The Balaban J connectivity index is 1.15. The third-order valence-corrected chi connectivity index (χ3v) is 6.35. The molecule has 0 saturated carbocycles. The third-order valence-electron chi connectivity index (χ3n) is 6.35. The van der Waals surface area contributed by atoms with Crippen molar-refractivity contribution in [1.82, 2.24) is 4.90 Å². The van der Waals surface area contributed by atoms with Crippen LogP contribution in [0.2, 0.25) is 0 Å². The van der Waals surface area contributed by atoms with Crippen molar-refractivity contribution in [3.63, 3.8) is 0 Å². The van der Waals surface area contributed by atoms with E-state index in [1.807, 2.05) is 12.1 Å². The van der Waals surface area contributed by atoms with E-state index in [1.165, 1.54) is 36.1 Å². The number of nitrogens with one attached hydrogen (secondary N) is 1. The van der Waals surface area contributed by atoms with Crippen molar-refractivity contribution < 1.29 is 9.53 Å². The van der Waals surface area contributed by atoms with Gasteiger partial charge in [-0.1, -0.05) is 25.5 Å². The van der Waals surface area contributed by atoms with Gasteiger partial charge in [-0.25, -0.2) is 0 Å². The first kappa shape index (κ1) is 21.7. The van der Waals surface area contributed by atoms with E-state index in [4.69, 9.17) is 4.74 Å². The highest BCUT2D eigenvalue weighted by Crippen LogP contribution is 2.27. The van der Waals surface area contributed by atoms with Crippen LogP contribution in [0.15, 0.2) is 42.5 Å². The lowest BCUT2D eigenvalue weighted by Crippen LogP contribution is -2.46. The van der Waals surface area contributed by atoms with Crippen LogP contribution in [-0.4, -0.2) is 50.1 Å². The summed E-state index contributed by atoms with van der Waals surface area (Å²) in [5, 5.41) is 2.92. The van der Waals surface area contributed by atoms with Crippen molar-refractivity contribution in [2.75, 3.05) is 49.5 Å². The molecule has 0 aromatic heterocycles. The summed E-state index contributed by atoms with van der Waals surface area (Å²) in [7, 11) is 0. The van der Waals surface area contributed by atoms with Gasteiger partial charge in [0.05, 0.1) is 6.61 Å². The van der Waals surface area contributed by atoms with Gasteiger partial charge in [0.25, 0.3) is 0 Å². The van der Waals surface area contributed by atoms with Gasteiger partial charge in [0.1, 0.15) is 5.75 Å². The predicted molar refractivity (Wildman–Crippen MR) is 127 cm³/mol. The first-order valence-electron chi connectivity index (χ1n) is 11.8. The summed E-state index contributed by atoms with van der Waals surface area (Å²) in [5.74, 6) is 1.01. The molecule has 0 bridgehead atoms. The predicted octanol–water partition coefficient (Wildman–Crippen LogP) is 4.51. The molecule has 0 aliphatic carbocycles. The van der Waals surface area contributed by atoms with Gasteiger partial charge >= 0.3 is 0 Å². The van der Waals surface area contributed by atoms with Crippen LogP contribution in [0.25, 0.3) is 0 Å². The zero-order chi connectivity index (χ0) is 21.5. The highest BCUT2D eigenvalue weighted by molar-refractivity contribution is 5.94.